The van der Waals surface area contributed by atoms with Crippen molar-refractivity contribution in [2.75, 3.05) is 13.2 Å². The Kier molecular flexibility index (Phi) is 6.66. The van der Waals surface area contributed by atoms with Gasteiger partial charge in [-0.1, -0.05) is 53.6 Å². The molecular weight excluding hydrogens is 419 g/mol. The molecule has 0 bridgehead atoms. The van der Waals surface area contributed by atoms with Gasteiger partial charge in [0.25, 0.3) is 5.91 Å². The average Bonchev–Trinajstić information content (AvgIpc) is 3.13. The van der Waals surface area contributed by atoms with Crippen LogP contribution in [-0.2, 0) is 17.4 Å². The molecule has 158 valence electrons. The minimum absolute atomic E-state index is 0.196. The van der Waals surface area contributed by atoms with Crippen LogP contribution in [0.5, 0.6) is 5.88 Å². The number of ether oxygens (including phenoxy) is 1. The predicted octanol–water partition coefficient (Wildman–Crippen LogP) is 4.59. The van der Waals surface area contributed by atoms with E-state index >= 15 is 0 Å². The fraction of sp³-hybridized carbons (Fsp3) is 0.238. The maximum absolute atomic E-state index is 13.1. The molecular formula is C21H19ClF3N3O2. The summed E-state index contributed by atoms with van der Waals surface area (Å²) in [5.74, 6) is -0.688. The van der Waals surface area contributed by atoms with E-state index in [1.807, 2.05) is 31.2 Å². The number of para-hydroxylation sites is 1. The van der Waals surface area contributed by atoms with Gasteiger partial charge < -0.3 is 10.1 Å². The van der Waals surface area contributed by atoms with Gasteiger partial charge in [0.1, 0.15) is 0 Å². The third kappa shape index (κ3) is 5.54. The number of rotatable bonds is 7. The van der Waals surface area contributed by atoms with Gasteiger partial charge in [0.2, 0.25) is 5.88 Å². The summed E-state index contributed by atoms with van der Waals surface area (Å²) in [7, 11) is 0. The summed E-state index contributed by atoms with van der Waals surface area (Å²) in [4.78, 5) is 12.1. The van der Waals surface area contributed by atoms with Crippen molar-refractivity contribution >= 4 is 17.5 Å². The number of nitrogens with zero attached hydrogens (tertiary/aromatic N) is 2. The Bertz CT molecular complexity index is 1020. The van der Waals surface area contributed by atoms with Gasteiger partial charge in [-0.2, -0.15) is 23.0 Å². The van der Waals surface area contributed by atoms with Crippen LogP contribution in [0.2, 0.25) is 5.02 Å². The Morgan fingerprint density at radius 3 is 2.53 bits per heavy atom. The molecule has 2 aromatic carbocycles. The van der Waals surface area contributed by atoms with E-state index in [9.17, 15) is 18.0 Å². The maximum atomic E-state index is 13.1. The Labute approximate surface area is 176 Å². The Morgan fingerprint density at radius 1 is 1.17 bits per heavy atom. The van der Waals surface area contributed by atoms with Gasteiger partial charge in [-0.25, -0.2) is 0 Å². The molecule has 1 amide bonds. The zero-order valence-corrected chi connectivity index (χ0v) is 16.8. The second kappa shape index (κ2) is 9.21. The molecule has 30 heavy (non-hydrogen) atoms. The van der Waals surface area contributed by atoms with E-state index in [0.29, 0.717) is 13.0 Å². The summed E-state index contributed by atoms with van der Waals surface area (Å²) in [6.45, 7) is 1.91. The molecule has 1 N–H and O–H groups in total. The lowest BCUT2D eigenvalue weighted by Crippen LogP contribution is -2.30. The third-order valence-corrected chi connectivity index (χ3v) is 4.57. The molecule has 0 saturated heterocycles. The van der Waals surface area contributed by atoms with Crippen molar-refractivity contribution in [1.29, 1.82) is 0 Å². The highest BCUT2D eigenvalue weighted by Crippen LogP contribution is 2.33. The Morgan fingerprint density at radius 2 is 1.87 bits per heavy atom. The highest BCUT2D eigenvalue weighted by molar-refractivity contribution is 6.32. The first-order chi connectivity index (χ1) is 14.2. The van der Waals surface area contributed by atoms with E-state index in [0.717, 1.165) is 21.9 Å². The molecule has 3 rings (SSSR count). The SMILES string of the molecule is Cc1ccc(CCNC(=O)COc2cc(C(F)(F)F)nn2-c2ccccc2Cl)cc1. The van der Waals surface area contributed by atoms with Gasteiger partial charge in [0.05, 0.1) is 10.7 Å². The highest BCUT2D eigenvalue weighted by atomic mass is 35.5. The number of amides is 1. The van der Waals surface area contributed by atoms with Crippen LogP contribution in [0.4, 0.5) is 13.2 Å². The van der Waals surface area contributed by atoms with E-state index in [2.05, 4.69) is 10.4 Å². The Balaban J connectivity index is 1.65. The first-order valence-electron chi connectivity index (χ1n) is 9.11. The van der Waals surface area contributed by atoms with E-state index in [4.69, 9.17) is 16.3 Å². The molecule has 0 atom stereocenters. The first-order valence-corrected chi connectivity index (χ1v) is 9.49. The average molecular weight is 438 g/mol. The van der Waals surface area contributed by atoms with Crippen molar-refractivity contribution in [3.8, 4) is 11.6 Å². The fourth-order valence-electron chi connectivity index (χ4n) is 2.69. The van der Waals surface area contributed by atoms with Crippen LogP contribution in [0.15, 0.2) is 54.6 Å². The zero-order valence-electron chi connectivity index (χ0n) is 16.0. The van der Waals surface area contributed by atoms with Crippen molar-refractivity contribution in [2.45, 2.75) is 19.5 Å². The monoisotopic (exact) mass is 437 g/mol. The second-order valence-corrected chi connectivity index (χ2v) is 7.01. The number of aryl methyl sites for hydroxylation is 1. The van der Waals surface area contributed by atoms with Crippen LogP contribution < -0.4 is 10.1 Å². The lowest BCUT2D eigenvalue weighted by molar-refractivity contribution is -0.141. The van der Waals surface area contributed by atoms with Crippen LogP contribution in [0.25, 0.3) is 5.69 Å². The van der Waals surface area contributed by atoms with Crippen molar-refractivity contribution < 1.29 is 22.7 Å². The molecule has 9 heteroatoms. The van der Waals surface area contributed by atoms with Crippen LogP contribution in [0.1, 0.15) is 16.8 Å². The molecule has 0 spiro atoms. The molecule has 0 fully saturated rings. The molecule has 1 heterocycles. The van der Waals surface area contributed by atoms with Crippen LogP contribution in [0.3, 0.4) is 0 Å². The van der Waals surface area contributed by atoms with Gasteiger partial charge in [-0.05, 0) is 31.0 Å². The largest absolute Gasteiger partial charge is 0.467 e. The zero-order chi connectivity index (χ0) is 21.7. The summed E-state index contributed by atoms with van der Waals surface area (Å²) in [5, 5.41) is 6.43. The van der Waals surface area contributed by atoms with Gasteiger partial charge in [-0.3, -0.25) is 4.79 Å². The Hall–Kier alpha value is -3.00. The van der Waals surface area contributed by atoms with Crippen LogP contribution in [-0.4, -0.2) is 28.8 Å². The van der Waals surface area contributed by atoms with Gasteiger partial charge in [0.15, 0.2) is 12.3 Å². The first kappa shape index (κ1) is 21.7. The quantitative estimate of drug-likeness (QED) is 0.588. The predicted molar refractivity (Wildman–Crippen MR) is 107 cm³/mol. The van der Waals surface area contributed by atoms with Crippen molar-refractivity contribution in [3.63, 3.8) is 0 Å². The molecule has 0 aliphatic rings. The topological polar surface area (TPSA) is 56.1 Å². The second-order valence-electron chi connectivity index (χ2n) is 6.60. The number of carbonyl (C=O) groups is 1. The number of hydrogen-bond acceptors (Lipinski definition) is 3. The number of halogens is 4. The number of alkyl halides is 3. The summed E-state index contributed by atoms with van der Waals surface area (Å²) in [5.41, 5.74) is 1.28. The smallest absolute Gasteiger partial charge is 0.435 e. The minimum atomic E-state index is -4.67. The lowest BCUT2D eigenvalue weighted by atomic mass is 10.1. The number of benzene rings is 2. The van der Waals surface area contributed by atoms with Crippen molar-refractivity contribution in [2.24, 2.45) is 0 Å². The van der Waals surface area contributed by atoms with E-state index < -0.39 is 24.4 Å². The van der Waals surface area contributed by atoms with E-state index in [-0.39, 0.29) is 16.6 Å². The molecule has 1 aromatic heterocycles. The summed E-state index contributed by atoms with van der Waals surface area (Å²) in [6, 6.07) is 14.9. The van der Waals surface area contributed by atoms with Gasteiger partial charge in [-0.15, -0.1) is 0 Å². The number of nitrogens with one attached hydrogen (secondary N) is 1. The van der Waals surface area contributed by atoms with E-state index in [1.165, 1.54) is 12.1 Å². The van der Waals surface area contributed by atoms with Gasteiger partial charge in [0, 0.05) is 12.6 Å². The van der Waals surface area contributed by atoms with Gasteiger partial charge >= 0.3 is 6.18 Å². The highest BCUT2D eigenvalue weighted by Gasteiger charge is 2.35. The third-order valence-electron chi connectivity index (χ3n) is 4.26. The molecule has 0 aliphatic heterocycles. The van der Waals surface area contributed by atoms with Crippen molar-refractivity contribution in [1.82, 2.24) is 15.1 Å². The number of hydrogen-bond donors (Lipinski definition) is 1. The normalized spacial score (nSPS) is 11.4. The number of carbonyl (C=O) groups excluding carboxylic acids is 1. The van der Waals surface area contributed by atoms with Crippen LogP contribution in [0, 0.1) is 6.92 Å². The maximum Gasteiger partial charge on any atom is 0.435 e. The standard InChI is InChI=1S/C21H19ClF3N3O2/c1-14-6-8-15(9-7-14)10-11-26-19(29)13-30-20-12-18(21(23,24)25)27-28(20)17-5-3-2-4-16(17)22/h2-9,12H,10-11,13H2,1H3,(H,26,29). The summed E-state index contributed by atoms with van der Waals surface area (Å²) >= 11 is 6.08. The van der Waals surface area contributed by atoms with E-state index in [1.54, 1.807) is 12.1 Å². The number of aromatic nitrogens is 2. The minimum Gasteiger partial charge on any atom is -0.467 e. The molecule has 5 nitrogen and oxygen atoms in total. The summed E-state index contributed by atoms with van der Waals surface area (Å²) < 4.78 is 45.6. The molecule has 0 radical (unpaired) electrons. The fourth-order valence-corrected chi connectivity index (χ4v) is 2.91. The molecule has 0 unspecified atom stereocenters. The van der Waals surface area contributed by atoms with Crippen LogP contribution >= 0.6 is 11.6 Å². The summed E-state index contributed by atoms with van der Waals surface area (Å²) in [6.07, 6.45) is -4.04. The molecule has 0 saturated carbocycles. The van der Waals surface area contributed by atoms with Crippen molar-refractivity contribution in [3.05, 3.63) is 76.4 Å². The molecule has 3 aromatic rings. The lowest BCUT2D eigenvalue weighted by Gasteiger charge is -2.10. The molecule has 0 aliphatic carbocycles.